The van der Waals surface area contributed by atoms with Gasteiger partial charge in [-0.3, -0.25) is 4.84 Å². The van der Waals surface area contributed by atoms with Gasteiger partial charge in [0, 0.05) is 6.04 Å². The SMILES string of the molecule is CC(C)CONS(=O)(=O)NC1CC1. The van der Waals surface area contributed by atoms with Gasteiger partial charge in [0.25, 0.3) is 10.2 Å². The molecule has 0 aromatic carbocycles. The van der Waals surface area contributed by atoms with Gasteiger partial charge in [0.2, 0.25) is 0 Å². The molecule has 0 saturated heterocycles. The van der Waals surface area contributed by atoms with Gasteiger partial charge in [-0.15, -0.1) is 0 Å². The molecule has 0 aromatic rings. The Bertz CT molecular complexity index is 246. The molecule has 1 fully saturated rings. The van der Waals surface area contributed by atoms with Crippen LogP contribution in [0.2, 0.25) is 0 Å². The summed E-state index contributed by atoms with van der Waals surface area (Å²) in [6.07, 6.45) is 1.84. The molecule has 1 aliphatic rings. The van der Waals surface area contributed by atoms with Gasteiger partial charge < -0.3 is 0 Å². The molecular weight excluding hydrogens is 192 g/mol. The van der Waals surface area contributed by atoms with Gasteiger partial charge in [-0.2, -0.15) is 13.1 Å². The van der Waals surface area contributed by atoms with E-state index in [4.69, 9.17) is 4.84 Å². The Morgan fingerprint density at radius 3 is 2.54 bits per heavy atom. The molecule has 13 heavy (non-hydrogen) atoms. The highest BCUT2D eigenvalue weighted by molar-refractivity contribution is 7.87. The Morgan fingerprint density at radius 1 is 1.46 bits per heavy atom. The van der Waals surface area contributed by atoms with Gasteiger partial charge in [0.15, 0.2) is 0 Å². The Hall–Kier alpha value is -0.170. The van der Waals surface area contributed by atoms with E-state index >= 15 is 0 Å². The first kappa shape index (κ1) is 10.9. The lowest BCUT2D eigenvalue weighted by atomic mass is 10.2. The van der Waals surface area contributed by atoms with E-state index in [0.717, 1.165) is 12.8 Å². The minimum Gasteiger partial charge on any atom is -0.286 e. The molecular formula is C7H16N2O3S. The molecule has 0 aromatic heterocycles. The molecule has 0 heterocycles. The summed E-state index contributed by atoms with van der Waals surface area (Å²) >= 11 is 0. The Labute approximate surface area is 79.0 Å². The van der Waals surface area contributed by atoms with Crippen LogP contribution in [-0.2, 0) is 15.0 Å². The van der Waals surface area contributed by atoms with Crippen LogP contribution in [0.3, 0.4) is 0 Å². The van der Waals surface area contributed by atoms with Crippen molar-refractivity contribution in [2.75, 3.05) is 6.61 Å². The van der Waals surface area contributed by atoms with Crippen molar-refractivity contribution in [2.24, 2.45) is 5.92 Å². The molecule has 0 atom stereocenters. The fraction of sp³-hybridized carbons (Fsp3) is 1.00. The molecule has 1 rings (SSSR count). The molecule has 0 amide bonds. The largest absolute Gasteiger partial charge is 0.299 e. The second kappa shape index (κ2) is 4.36. The van der Waals surface area contributed by atoms with E-state index in [1.165, 1.54) is 0 Å². The van der Waals surface area contributed by atoms with Crippen LogP contribution in [0.15, 0.2) is 0 Å². The van der Waals surface area contributed by atoms with Crippen LogP contribution >= 0.6 is 0 Å². The summed E-state index contributed by atoms with van der Waals surface area (Å²) in [5, 5.41) is 0. The fourth-order valence-electron chi connectivity index (χ4n) is 0.723. The van der Waals surface area contributed by atoms with Crippen molar-refractivity contribution in [2.45, 2.75) is 32.7 Å². The number of hydrogen-bond donors (Lipinski definition) is 2. The number of nitrogens with one attached hydrogen (secondary N) is 2. The average molecular weight is 208 g/mol. The van der Waals surface area contributed by atoms with Gasteiger partial charge in [-0.05, 0) is 18.8 Å². The quantitative estimate of drug-likeness (QED) is 0.611. The molecule has 0 unspecified atom stereocenters. The van der Waals surface area contributed by atoms with Crippen molar-refractivity contribution in [3.05, 3.63) is 0 Å². The van der Waals surface area contributed by atoms with Gasteiger partial charge in [0.05, 0.1) is 6.61 Å². The molecule has 5 nitrogen and oxygen atoms in total. The van der Waals surface area contributed by atoms with Crippen LogP contribution in [0.25, 0.3) is 0 Å². The maximum atomic E-state index is 11.1. The van der Waals surface area contributed by atoms with E-state index < -0.39 is 10.2 Å². The van der Waals surface area contributed by atoms with Crippen molar-refractivity contribution in [3.8, 4) is 0 Å². The first-order valence-corrected chi connectivity index (χ1v) is 5.89. The average Bonchev–Trinajstić information content (AvgIpc) is 2.68. The Kier molecular flexibility index (Phi) is 3.66. The van der Waals surface area contributed by atoms with Gasteiger partial charge in [0.1, 0.15) is 0 Å². The van der Waals surface area contributed by atoms with Crippen LogP contribution in [0.1, 0.15) is 26.7 Å². The van der Waals surface area contributed by atoms with Crippen LogP contribution in [0.4, 0.5) is 0 Å². The van der Waals surface area contributed by atoms with E-state index in [1.54, 1.807) is 0 Å². The standard InChI is InChI=1S/C7H16N2O3S/c1-6(2)5-12-9-13(10,11)8-7-3-4-7/h6-9H,3-5H2,1-2H3. The highest BCUT2D eigenvalue weighted by atomic mass is 32.2. The lowest BCUT2D eigenvalue weighted by molar-refractivity contribution is 0.0710. The summed E-state index contributed by atoms with van der Waals surface area (Å²) in [6.45, 7) is 4.27. The molecule has 0 aliphatic heterocycles. The molecule has 0 radical (unpaired) electrons. The second-order valence-corrected chi connectivity index (χ2v) is 5.09. The van der Waals surface area contributed by atoms with Crippen molar-refractivity contribution in [1.29, 1.82) is 0 Å². The lowest BCUT2D eigenvalue weighted by Crippen LogP contribution is -2.38. The van der Waals surface area contributed by atoms with E-state index in [9.17, 15) is 8.42 Å². The zero-order valence-electron chi connectivity index (χ0n) is 7.91. The fourth-order valence-corrected chi connectivity index (χ4v) is 1.67. The highest BCUT2D eigenvalue weighted by Crippen LogP contribution is 2.19. The Morgan fingerprint density at radius 2 is 2.08 bits per heavy atom. The van der Waals surface area contributed by atoms with Crippen LogP contribution < -0.4 is 9.61 Å². The second-order valence-electron chi connectivity index (χ2n) is 3.68. The minimum atomic E-state index is -3.44. The topological polar surface area (TPSA) is 67.4 Å². The molecule has 1 saturated carbocycles. The molecule has 1 aliphatic carbocycles. The Balaban J connectivity index is 2.17. The maximum Gasteiger partial charge on any atom is 0.299 e. The zero-order valence-corrected chi connectivity index (χ0v) is 8.73. The van der Waals surface area contributed by atoms with Crippen molar-refractivity contribution in [3.63, 3.8) is 0 Å². The zero-order chi connectivity index (χ0) is 9.90. The molecule has 6 heteroatoms. The van der Waals surface area contributed by atoms with Gasteiger partial charge in [-0.25, -0.2) is 0 Å². The van der Waals surface area contributed by atoms with Crippen LogP contribution in [0.5, 0.6) is 0 Å². The van der Waals surface area contributed by atoms with E-state index in [2.05, 4.69) is 4.72 Å². The predicted molar refractivity (Wildman–Crippen MR) is 49.0 cm³/mol. The van der Waals surface area contributed by atoms with Crippen molar-refractivity contribution in [1.82, 2.24) is 9.61 Å². The third kappa shape index (κ3) is 5.20. The maximum absolute atomic E-state index is 11.1. The molecule has 2 N–H and O–H groups in total. The van der Waals surface area contributed by atoms with Gasteiger partial charge >= 0.3 is 0 Å². The van der Waals surface area contributed by atoms with Crippen molar-refractivity contribution < 1.29 is 13.3 Å². The number of rotatable bonds is 6. The highest BCUT2D eigenvalue weighted by Gasteiger charge is 2.26. The summed E-state index contributed by atoms with van der Waals surface area (Å²) in [6, 6.07) is 0.111. The summed E-state index contributed by atoms with van der Waals surface area (Å²) in [7, 11) is -3.44. The van der Waals surface area contributed by atoms with Crippen LogP contribution in [0, 0.1) is 5.92 Å². The first-order valence-electron chi connectivity index (χ1n) is 4.40. The van der Waals surface area contributed by atoms with E-state index in [-0.39, 0.29) is 6.04 Å². The van der Waals surface area contributed by atoms with Gasteiger partial charge in [-0.1, -0.05) is 18.7 Å². The van der Waals surface area contributed by atoms with Crippen molar-refractivity contribution >= 4 is 10.2 Å². The molecule has 78 valence electrons. The van der Waals surface area contributed by atoms with Crippen LogP contribution in [-0.4, -0.2) is 21.1 Å². The normalized spacial score (nSPS) is 18.1. The minimum absolute atomic E-state index is 0.111. The molecule has 0 bridgehead atoms. The monoisotopic (exact) mass is 208 g/mol. The summed E-state index contributed by atoms with van der Waals surface area (Å²) in [5.41, 5.74) is 0. The van der Waals surface area contributed by atoms with E-state index in [1.807, 2.05) is 18.7 Å². The lowest BCUT2D eigenvalue weighted by Gasteiger charge is -2.08. The third-order valence-electron chi connectivity index (χ3n) is 1.48. The number of hydrogen-bond acceptors (Lipinski definition) is 3. The predicted octanol–water partition coefficient (Wildman–Crippen LogP) is 0.160. The smallest absolute Gasteiger partial charge is 0.286 e. The third-order valence-corrected chi connectivity index (χ3v) is 2.47. The summed E-state index contributed by atoms with van der Waals surface area (Å²) in [4.78, 5) is 6.81. The summed E-state index contributed by atoms with van der Waals surface area (Å²) < 4.78 is 24.7. The molecule has 0 spiro atoms. The summed E-state index contributed by atoms with van der Waals surface area (Å²) in [5.74, 6) is 0.309. The van der Waals surface area contributed by atoms with E-state index in [0.29, 0.717) is 12.5 Å². The first-order chi connectivity index (χ1) is 5.99.